The Morgan fingerprint density at radius 1 is 1.40 bits per heavy atom. The minimum absolute atomic E-state index is 0.119. The number of hydrogen-bond acceptors (Lipinski definition) is 6. The molecule has 1 aliphatic heterocycles. The third-order valence-corrected chi connectivity index (χ3v) is 4.13. The van der Waals surface area contributed by atoms with Gasteiger partial charge in [-0.15, -0.1) is 0 Å². The summed E-state index contributed by atoms with van der Waals surface area (Å²) >= 11 is 0. The summed E-state index contributed by atoms with van der Waals surface area (Å²) in [6.45, 7) is 1.74. The van der Waals surface area contributed by atoms with E-state index in [0.29, 0.717) is 24.7 Å². The van der Waals surface area contributed by atoms with Crippen molar-refractivity contribution in [3.63, 3.8) is 0 Å². The van der Waals surface area contributed by atoms with Crippen molar-refractivity contribution in [2.24, 2.45) is 0 Å². The summed E-state index contributed by atoms with van der Waals surface area (Å²) < 4.78 is 27.2. The number of aryl methyl sites for hydroxylation is 1. The van der Waals surface area contributed by atoms with Crippen molar-refractivity contribution in [1.82, 2.24) is 10.1 Å². The lowest BCUT2D eigenvalue weighted by molar-refractivity contribution is 0.418. The van der Waals surface area contributed by atoms with Crippen molar-refractivity contribution in [3.05, 3.63) is 5.82 Å². The zero-order valence-corrected chi connectivity index (χ0v) is 9.25. The second kappa shape index (κ2) is 3.80. The molecule has 1 aromatic heterocycles. The van der Waals surface area contributed by atoms with E-state index in [0.717, 1.165) is 0 Å². The molecule has 0 amide bonds. The molecule has 0 spiro atoms. The Kier molecular flexibility index (Phi) is 2.64. The van der Waals surface area contributed by atoms with Crippen LogP contribution in [0.4, 0.5) is 6.01 Å². The maximum Gasteiger partial charge on any atom is 0.321 e. The molecule has 1 aliphatic rings. The van der Waals surface area contributed by atoms with Crippen molar-refractivity contribution >= 4 is 15.9 Å². The Morgan fingerprint density at radius 3 is 2.60 bits per heavy atom. The summed E-state index contributed by atoms with van der Waals surface area (Å²) in [4.78, 5) is 4.00. The lowest BCUT2D eigenvalue weighted by Gasteiger charge is -2.21. The second-order valence-corrected chi connectivity index (χ2v) is 6.02. The Hall–Kier alpha value is -1.11. The van der Waals surface area contributed by atoms with Gasteiger partial charge in [-0.1, -0.05) is 5.16 Å². The summed E-state index contributed by atoms with van der Waals surface area (Å²) in [5, 5.41) is 6.68. The van der Waals surface area contributed by atoms with Crippen molar-refractivity contribution in [3.8, 4) is 0 Å². The van der Waals surface area contributed by atoms with Gasteiger partial charge in [-0.3, -0.25) is 0 Å². The van der Waals surface area contributed by atoms with Crippen LogP contribution in [0.2, 0.25) is 0 Å². The molecular formula is C8H13N3O3S. The number of rotatable bonds is 2. The van der Waals surface area contributed by atoms with E-state index >= 15 is 0 Å². The topological polar surface area (TPSA) is 85.1 Å². The smallest absolute Gasteiger partial charge is 0.321 e. The first-order valence-electron chi connectivity index (χ1n) is 4.82. The molecule has 0 unspecified atom stereocenters. The van der Waals surface area contributed by atoms with E-state index in [1.165, 1.54) is 0 Å². The Labute approximate surface area is 88.0 Å². The maximum atomic E-state index is 11.2. The number of hydrogen-bond donors (Lipinski definition) is 1. The third kappa shape index (κ3) is 2.68. The number of sulfone groups is 1. The number of anilines is 1. The van der Waals surface area contributed by atoms with Gasteiger partial charge in [0.1, 0.15) is 9.84 Å². The fourth-order valence-corrected chi connectivity index (χ4v) is 3.06. The Morgan fingerprint density at radius 2 is 2.07 bits per heavy atom. The van der Waals surface area contributed by atoms with E-state index < -0.39 is 9.84 Å². The molecule has 1 fully saturated rings. The van der Waals surface area contributed by atoms with Crippen molar-refractivity contribution in [2.75, 3.05) is 16.8 Å². The predicted octanol–water partition coefficient (Wildman–Crippen LogP) is 0.367. The molecule has 0 bridgehead atoms. The standard InChI is InChI=1S/C8H13N3O3S/c1-6-9-8(14-11-6)10-7-2-4-15(12,13)5-3-7/h7H,2-5H2,1H3,(H,9,10,11). The van der Waals surface area contributed by atoms with Crippen LogP contribution in [0, 0.1) is 6.92 Å². The SMILES string of the molecule is Cc1noc(NC2CCS(=O)(=O)CC2)n1. The Balaban J connectivity index is 1.92. The van der Waals surface area contributed by atoms with Gasteiger partial charge in [0, 0.05) is 6.04 Å². The van der Waals surface area contributed by atoms with Gasteiger partial charge < -0.3 is 9.84 Å². The summed E-state index contributed by atoms with van der Waals surface area (Å²) in [7, 11) is -2.81. The van der Waals surface area contributed by atoms with E-state index in [-0.39, 0.29) is 17.5 Å². The van der Waals surface area contributed by atoms with Gasteiger partial charge in [-0.2, -0.15) is 4.98 Å². The molecule has 84 valence electrons. The Bertz CT molecular complexity index is 426. The molecule has 0 radical (unpaired) electrons. The summed E-state index contributed by atoms with van der Waals surface area (Å²) in [5.41, 5.74) is 0. The normalized spacial score (nSPS) is 21.4. The summed E-state index contributed by atoms with van der Waals surface area (Å²) in [5.74, 6) is 1.04. The highest BCUT2D eigenvalue weighted by Gasteiger charge is 2.24. The monoisotopic (exact) mass is 231 g/mol. The molecule has 2 rings (SSSR count). The van der Waals surface area contributed by atoms with Crippen molar-refractivity contribution in [2.45, 2.75) is 25.8 Å². The molecule has 0 atom stereocenters. The van der Waals surface area contributed by atoms with Gasteiger partial charge in [-0.25, -0.2) is 8.42 Å². The van der Waals surface area contributed by atoms with Crippen LogP contribution in [-0.2, 0) is 9.84 Å². The lowest BCUT2D eigenvalue weighted by atomic mass is 10.2. The van der Waals surface area contributed by atoms with E-state index in [1.54, 1.807) is 6.92 Å². The van der Waals surface area contributed by atoms with Crippen LogP contribution in [0.5, 0.6) is 0 Å². The largest absolute Gasteiger partial charge is 0.335 e. The van der Waals surface area contributed by atoms with Crippen LogP contribution >= 0.6 is 0 Å². The highest BCUT2D eigenvalue weighted by molar-refractivity contribution is 7.91. The second-order valence-electron chi connectivity index (χ2n) is 3.72. The van der Waals surface area contributed by atoms with Crippen molar-refractivity contribution < 1.29 is 12.9 Å². The van der Waals surface area contributed by atoms with Gasteiger partial charge in [0.15, 0.2) is 5.82 Å². The molecular weight excluding hydrogens is 218 g/mol. The highest BCUT2D eigenvalue weighted by Crippen LogP contribution is 2.16. The highest BCUT2D eigenvalue weighted by atomic mass is 32.2. The minimum Gasteiger partial charge on any atom is -0.335 e. The van der Waals surface area contributed by atoms with Gasteiger partial charge in [0.2, 0.25) is 0 Å². The van der Waals surface area contributed by atoms with Crippen LogP contribution in [0.15, 0.2) is 4.52 Å². The molecule has 7 heteroatoms. The molecule has 0 aromatic carbocycles. The molecule has 1 N–H and O–H groups in total. The fraction of sp³-hybridized carbons (Fsp3) is 0.750. The van der Waals surface area contributed by atoms with Crippen LogP contribution in [0.3, 0.4) is 0 Å². The van der Waals surface area contributed by atoms with E-state index in [9.17, 15) is 8.42 Å². The van der Waals surface area contributed by atoms with E-state index in [1.807, 2.05) is 0 Å². The van der Waals surface area contributed by atoms with Gasteiger partial charge in [0.05, 0.1) is 11.5 Å². The quantitative estimate of drug-likeness (QED) is 0.791. The lowest BCUT2D eigenvalue weighted by Crippen LogP contribution is -2.32. The number of nitrogens with zero attached hydrogens (tertiary/aromatic N) is 2. The van der Waals surface area contributed by atoms with Gasteiger partial charge in [-0.05, 0) is 19.8 Å². The number of nitrogens with one attached hydrogen (secondary N) is 1. The zero-order valence-electron chi connectivity index (χ0n) is 8.43. The van der Waals surface area contributed by atoms with Crippen LogP contribution in [0.1, 0.15) is 18.7 Å². The average molecular weight is 231 g/mol. The summed E-state index contributed by atoms with van der Waals surface area (Å²) in [6.07, 6.45) is 1.20. The molecule has 2 heterocycles. The van der Waals surface area contributed by atoms with Crippen LogP contribution in [0.25, 0.3) is 0 Å². The zero-order chi connectivity index (χ0) is 10.9. The summed E-state index contributed by atoms with van der Waals surface area (Å²) in [6, 6.07) is 0.491. The van der Waals surface area contributed by atoms with Gasteiger partial charge >= 0.3 is 6.01 Å². The van der Waals surface area contributed by atoms with E-state index in [2.05, 4.69) is 15.5 Å². The fourth-order valence-electron chi connectivity index (χ4n) is 1.56. The first-order chi connectivity index (χ1) is 7.05. The third-order valence-electron chi connectivity index (χ3n) is 2.41. The molecule has 1 saturated heterocycles. The van der Waals surface area contributed by atoms with Gasteiger partial charge in [0.25, 0.3) is 0 Å². The van der Waals surface area contributed by atoms with Crippen LogP contribution < -0.4 is 5.32 Å². The molecule has 1 aromatic rings. The van der Waals surface area contributed by atoms with E-state index in [4.69, 9.17) is 4.52 Å². The average Bonchev–Trinajstić information content (AvgIpc) is 2.55. The maximum absolute atomic E-state index is 11.2. The first-order valence-corrected chi connectivity index (χ1v) is 6.64. The molecule has 6 nitrogen and oxygen atoms in total. The predicted molar refractivity (Wildman–Crippen MR) is 54.3 cm³/mol. The number of aromatic nitrogens is 2. The molecule has 0 aliphatic carbocycles. The minimum atomic E-state index is -2.81. The van der Waals surface area contributed by atoms with Crippen molar-refractivity contribution in [1.29, 1.82) is 0 Å². The first kappa shape index (κ1) is 10.4. The van der Waals surface area contributed by atoms with Crippen LogP contribution in [-0.4, -0.2) is 36.1 Å². The molecule has 0 saturated carbocycles. The molecule has 15 heavy (non-hydrogen) atoms.